The van der Waals surface area contributed by atoms with Crippen LogP contribution in [0.5, 0.6) is 0 Å². The van der Waals surface area contributed by atoms with Crippen LogP contribution in [-0.2, 0) is 9.59 Å². The lowest BCUT2D eigenvalue weighted by Crippen LogP contribution is -2.38. The normalized spacial score (nSPS) is 9.87. The molecule has 0 saturated carbocycles. The Morgan fingerprint density at radius 3 is 2.52 bits per heavy atom. The van der Waals surface area contributed by atoms with Gasteiger partial charge in [-0.15, -0.1) is 12.4 Å². The van der Waals surface area contributed by atoms with Crippen molar-refractivity contribution in [2.24, 2.45) is 0 Å². The number of carbonyl (C=O) groups is 2. The molecule has 0 spiro atoms. The summed E-state index contributed by atoms with van der Waals surface area (Å²) in [7, 11) is 1.87. The first-order valence-corrected chi connectivity index (χ1v) is 7.86. The molecule has 0 aromatic heterocycles. The van der Waals surface area contributed by atoms with Crippen molar-refractivity contribution in [3.63, 3.8) is 0 Å². The minimum absolute atomic E-state index is 0. The molecule has 0 aliphatic rings. The summed E-state index contributed by atoms with van der Waals surface area (Å²) in [4.78, 5) is 26.0. The molecule has 130 valence electrons. The van der Waals surface area contributed by atoms with E-state index >= 15 is 0 Å². The van der Waals surface area contributed by atoms with E-state index in [1.165, 1.54) is 0 Å². The van der Waals surface area contributed by atoms with E-state index in [4.69, 9.17) is 0 Å². The van der Waals surface area contributed by atoms with Gasteiger partial charge in [0.05, 0.1) is 6.54 Å². The van der Waals surface area contributed by atoms with Crippen molar-refractivity contribution in [1.82, 2.24) is 10.2 Å². The fourth-order valence-corrected chi connectivity index (χ4v) is 2.21. The predicted molar refractivity (Wildman–Crippen MR) is 97.1 cm³/mol. The summed E-state index contributed by atoms with van der Waals surface area (Å²) in [6.45, 7) is 5.48. The van der Waals surface area contributed by atoms with E-state index in [0.717, 1.165) is 30.6 Å². The Morgan fingerprint density at radius 2 is 1.91 bits per heavy atom. The Hall–Kier alpha value is -1.59. The van der Waals surface area contributed by atoms with Crippen molar-refractivity contribution in [3.8, 4) is 0 Å². The topological polar surface area (TPSA) is 61.4 Å². The van der Waals surface area contributed by atoms with E-state index in [1.54, 1.807) is 4.90 Å². The Bertz CT molecular complexity index is 494. The van der Waals surface area contributed by atoms with Crippen molar-refractivity contribution in [1.29, 1.82) is 0 Å². The monoisotopic (exact) mass is 341 g/mol. The first kappa shape index (κ1) is 21.4. The van der Waals surface area contributed by atoms with Gasteiger partial charge in [0.2, 0.25) is 11.8 Å². The molecule has 6 heteroatoms. The zero-order valence-corrected chi connectivity index (χ0v) is 15.0. The summed E-state index contributed by atoms with van der Waals surface area (Å²) in [6.07, 6.45) is 2.10. The lowest BCUT2D eigenvalue weighted by atomic mass is 10.2. The average Bonchev–Trinajstić information content (AvgIpc) is 2.49. The van der Waals surface area contributed by atoms with Gasteiger partial charge in [0.15, 0.2) is 0 Å². The second kappa shape index (κ2) is 11.9. The third-order valence-electron chi connectivity index (χ3n) is 3.42. The van der Waals surface area contributed by atoms with Crippen LogP contribution in [0.25, 0.3) is 0 Å². The van der Waals surface area contributed by atoms with Gasteiger partial charge in [-0.2, -0.15) is 0 Å². The number of para-hydroxylation sites is 1. The van der Waals surface area contributed by atoms with E-state index < -0.39 is 0 Å². The van der Waals surface area contributed by atoms with E-state index in [-0.39, 0.29) is 30.8 Å². The van der Waals surface area contributed by atoms with Crippen molar-refractivity contribution in [3.05, 3.63) is 29.8 Å². The van der Waals surface area contributed by atoms with Crippen molar-refractivity contribution in [2.75, 3.05) is 32.0 Å². The summed E-state index contributed by atoms with van der Waals surface area (Å²) >= 11 is 0. The van der Waals surface area contributed by atoms with Crippen molar-refractivity contribution in [2.45, 2.75) is 33.1 Å². The minimum Gasteiger partial charge on any atom is -0.333 e. The lowest BCUT2D eigenvalue weighted by molar-refractivity contribution is -0.134. The van der Waals surface area contributed by atoms with Gasteiger partial charge in [-0.3, -0.25) is 9.59 Å². The highest BCUT2D eigenvalue weighted by Gasteiger charge is 2.16. The van der Waals surface area contributed by atoms with E-state index in [1.807, 2.05) is 45.2 Å². The number of aryl methyl sites for hydroxylation is 1. The molecular formula is C17H28ClN3O2. The molecular weight excluding hydrogens is 314 g/mol. The SMILES string of the molecule is CCCN(CC(=O)Nc1ccccc1C)C(=O)CCCNC.Cl. The van der Waals surface area contributed by atoms with Crippen molar-refractivity contribution < 1.29 is 9.59 Å². The molecule has 1 rings (SSSR count). The average molecular weight is 342 g/mol. The lowest BCUT2D eigenvalue weighted by Gasteiger charge is -2.22. The van der Waals surface area contributed by atoms with Crippen LogP contribution in [-0.4, -0.2) is 43.4 Å². The second-order valence-corrected chi connectivity index (χ2v) is 5.39. The molecule has 1 aromatic rings. The van der Waals surface area contributed by atoms with Gasteiger partial charge in [-0.25, -0.2) is 0 Å². The first-order chi connectivity index (χ1) is 10.6. The largest absolute Gasteiger partial charge is 0.333 e. The summed E-state index contributed by atoms with van der Waals surface area (Å²) in [5, 5.41) is 5.90. The number of nitrogens with one attached hydrogen (secondary N) is 2. The Kier molecular flexibility index (Phi) is 11.1. The van der Waals surface area contributed by atoms with E-state index in [2.05, 4.69) is 10.6 Å². The Morgan fingerprint density at radius 1 is 1.22 bits per heavy atom. The van der Waals surface area contributed by atoms with Crippen LogP contribution in [0.4, 0.5) is 5.69 Å². The van der Waals surface area contributed by atoms with Gasteiger partial charge in [0.25, 0.3) is 0 Å². The smallest absolute Gasteiger partial charge is 0.244 e. The quantitative estimate of drug-likeness (QED) is 0.679. The van der Waals surface area contributed by atoms with Crippen LogP contribution >= 0.6 is 12.4 Å². The molecule has 0 atom stereocenters. The van der Waals surface area contributed by atoms with Crippen LogP contribution in [0.3, 0.4) is 0 Å². The molecule has 0 heterocycles. The predicted octanol–water partition coefficient (Wildman–Crippen LogP) is 2.59. The maximum atomic E-state index is 12.2. The van der Waals surface area contributed by atoms with Crippen molar-refractivity contribution >= 4 is 29.9 Å². The molecule has 0 saturated heterocycles. The molecule has 1 aromatic carbocycles. The molecule has 5 nitrogen and oxygen atoms in total. The Balaban J connectivity index is 0.00000484. The zero-order chi connectivity index (χ0) is 16.4. The van der Waals surface area contributed by atoms with Crippen LogP contribution < -0.4 is 10.6 Å². The highest BCUT2D eigenvalue weighted by molar-refractivity contribution is 5.95. The molecule has 0 bridgehead atoms. The molecule has 0 aliphatic heterocycles. The van der Waals surface area contributed by atoms with Gasteiger partial charge in [-0.1, -0.05) is 25.1 Å². The third-order valence-corrected chi connectivity index (χ3v) is 3.42. The molecule has 0 fully saturated rings. The van der Waals surface area contributed by atoms with E-state index in [0.29, 0.717) is 13.0 Å². The Labute approximate surface area is 145 Å². The van der Waals surface area contributed by atoms with E-state index in [9.17, 15) is 9.59 Å². The molecule has 0 aliphatic carbocycles. The maximum absolute atomic E-state index is 12.2. The fourth-order valence-electron chi connectivity index (χ4n) is 2.21. The van der Waals surface area contributed by atoms with Gasteiger partial charge in [-0.05, 0) is 45.0 Å². The number of halogens is 1. The molecule has 0 radical (unpaired) electrons. The zero-order valence-electron chi connectivity index (χ0n) is 14.2. The third kappa shape index (κ3) is 8.00. The van der Waals surface area contributed by atoms with Gasteiger partial charge in [0, 0.05) is 18.7 Å². The molecule has 23 heavy (non-hydrogen) atoms. The summed E-state index contributed by atoms with van der Waals surface area (Å²) in [5.41, 5.74) is 1.81. The number of carbonyl (C=O) groups excluding carboxylic acids is 2. The summed E-state index contributed by atoms with van der Waals surface area (Å²) in [6, 6.07) is 7.63. The highest BCUT2D eigenvalue weighted by atomic mass is 35.5. The molecule has 2 amide bonds. The molecule has 2 N–H and O–H groups in total. The number of rotatable bonds is 9. The van der Waals surface area contributed by atoms with Gasteiger partial charge >= 0.3 is 0 Å². The maximum Gasteiger partial charge on any atom is 0.244 e. The molecule has 0 unspecified atom stereocenters. The fraction of sp³-hybridized carbons (Fsp3) is 0.529. The number of nitrogens with zero attached hydrogens (tertiary/aromatic N) is 1. The summed E-state index contributed by atoms with van der Waals surface area (Å²) in [5.74, 6) is -0.109. The van der Waals surface area contributed by atoms with Crippen LogP contribution in [0.15, 0.2) is 24.3 Å². The van der Waals surface area contributed by atoms with Crippen LogP contribution in [0.1, 0.15) is 31.7 Å². The minimum atomic E-state index is -0.148. The standard InChI is InChI=1S/C17H27N3O2.ClH/c1-4-12-20(17(22)10-7-11-18-3)13-16(21)19-15-9-6-5-8-14(15)2;/h5-6,8-9,18H,4,7,10-13H2,1-3H3,(H,19,21);1H. The van der Waals surface area contributed by atoms with Crippen LogP contribution in [0, 0.1) is 6.92 Å². The highest BCUT2D eigenvalue weighted by Crippen LogP contribution is 2.13. The van der Waals surface area contributed by atoms with Gasteiger partial charge in [0.1, 0.15) is 0 Å². The number of anilines is 1. The van der Waals surface area contributed by atoms with Gasteiger partial charge < -0.3 is 15.5 Å². The summed E-state index contributed by atoms with van der Waals surface area (Å²) < 4.78 is 0. The first-order valence-electron chi connectivity index (χ1n) is 7.86. The number of hydrogen-bond acceptors (Lipinski definition) is 3. The number of hydrogen-bond donors (Lipinski definition) is 2. The number of amides is 2. The number of benzene rings is 1. The second-order valence-electron chi connectivity index (χ2n) is 5.39. The van der Waals surface area contributed by atoms with Crippen LogP contribution in [0.2, 0.25) is 0 Å².